The molecule has 2 aromatic rings. The van der Waals surface area contributed by atoms with Crippen molar-refractivity contribution in [2.24, 2.45) is 5.92 Å². The fourth-order valence-electron chi connectivity index (χ4n) is 4.21. The van der Waals surface area contributed by atoms with Gasteiger partial charge in [-0.05, 0) is 72.9 Å². The lowest BCUT2D eigenvalue weighted by atomic mass is 10.0. The number of hydrogen-bond acceptors (Lipinski definition) is 10. The summed E-state index contributed by atoms with van der Waals surface area (Å²) >= 11 is 0. The molecule has 14 heteroatoms. The van der Waals surface area contributed by atoms with Gasteiger partial charge in [-0.25, -0.2) is 19.3 Å². The molecule has 0 aliphatic carbocycles. The van der Waals surface area contributed by atoms with Gasteiger partial charge in [0.25, 0.3) is 5.91 Å². The molecular weight excluding hydrogens is 572 g/mol. The maximum Gasteiger partial charge on any atom is 0.413 e. The number of rotatable bonds is 13. The molecule has 0 spiro atoms. The Morgan fingerprint density at radius 3 is 2.18 bits per heavy atom. The minimum Gasteiger partial charge on any atom is -0.466 e. The summed E-state index contributed by atoms with van der Waals surface area (Å²) in [5.74, 6) is -2.40. The molecule has 242 valence electrons. The highest BCUT2D eigenvalue weighted by atomic mass is 16.6. The van der Waals surface area contributed by atoms with Crippen LogP contribution in [-0.2, 0) is 28.6 Å². The maximum absolute atomic E-state index is 13.5. The van der Waals surface area contributed by atoms with Crippen LogP contribution in [0.5, 0.6) is 0 Å². The van der Waals surface area contributed by atoms with Crippen molar-refractivity contribution < 1.29 is 38.2 Å². The summed E-state index contributed by atoms with van der Waals surface area (Å²) in [6.07, 6.45) is 0.733. The van der Waals surface area contributed by atoms with Crippen LogP contribution in [0.3, 0.4) is 0 Å². The van der Waals surface area contributed by atoms with Gasteiger partial charge in [0.15, 0.2) is 0 Å². The topological polar surface area (TPSA) is 180 Å². The molecule has 0 unspecified atom stereocenters. The minimum absolute atomic E-state index is 0.0206. The van der Waals surface area contributed by atoms with Gasteiger partial charge in [0.1, 0.15) is 23.5 Å². The first-order valence-electron chi connectivity index (χ1n) is 14.5. The fraction of sp³-hybridized carbons (Fsp3) is 0.567. The molecule has 0 fully saturated rings. The Bertz CT molecular complexity index is 1330. The molecule has 0 saturated carbocycles. The Balaban J connectivity index is 2.21. The molecule has 2 aromatic heterocycles. The van der Waals surface area contributed by atoms with E-state index in [4.69, 9.17) is 14.2 Å². The number of hydrogen-bond donors (Lipinski definition) is 3. The third kappa shape index (κ3) is 10.3. The number of nitrogens with zero attached hydrogens (tertiary/aromatic N) is 3. The van der Waals surface area contributed by atoms with E-state index in [1.165, 1.54) is 10.9 Å². The quantitative estimate of drug-likeness (QED) is 0.223. The number of carbonyl (C=O) groups is 5. The highest BCUT2D eigenvalue weighted by molar-refractivity contribution is 6.00. The second-order valence-corrected chi connectivity index (χ2v) is 11.3. The number of carbonyl (C=O) groups excluding carboxylic acids is 5. The summed E-state index contributed by atoms with van der Waals surface area (Å²) < 4.78 is 16.8. The van der Waals surface area contributed by atoms with E-state index in [2.05, 4.69) is 26.0 Å². The molecule has 2 rings (SSSR count). The first-order chi connectivity index (χ1) is 20.6. The maximum atomic E-state index is 13.5. The van der Waals surface area contributed by atoms with Crippen LogP contribution in [0.2, 0.25) is 0 Å². The average molecular weight is 617 g/mol. The number of ether oxygens (including phenoxy) is 3. The summed E-state index contributed by atoms with van der Waals surface area (Å²) in [6.45, 7) is 15.7. The smallest absolute Gasteiger partial charge is 0.413 e. The Morgan fingerprint density at radius 1 is 0.977 bits per heavy atom. The number of esters is 2. The SMILES string of the molecule is CCOC(=O)CC[C@@H](NC(=O)[C@@H](NC(=O)c1c(C)nn(-c2ccc(NC(=O)OC(C)(C)C)nc2)c1C)C(C)C)C(=O)OCC. The lowest BCUT2D eigenvalue weighted by Gasteiger charge is -2.25. The molecule has 0 aliphatic rings. The normalized spacial score (nSPS) is 12.6. The van der Waals surface area contributed by atoms with Gasteiger partial charge in [-0.1, -0.05) is 13.8 Å². The van der Waals surface area contributed by atoms with E-state index in [9.17, 15) is 24.0 Å². The number of amides is 3. The standard InChI is InChI=1S/C30H44N6O8/c1-10-42-23(37)15-13-21(28(40)43-11-2)32-27(39)25(17(3)4)34-26(38)24-18(5)35-36(19(24)6)20-12-14-22(31-16-20)33-29(41)44-30(7,8)9/h12,14,16-17,21,25H,10-11,13,15H2,1-9H3,(H,32,39)(H,34,38)(H,31,33,41)/t21-,25+/m1/s1. The highest BCUT2D eigenvalue weighted by Gasteiger charge is 2.31. The van der Waals surface area contributed by atoms with Crippen molar-refractivity contribution in [1.29, 1.82) is 0 Å². The Labute approximate surface area is 257 Å². The van der Waals surface area contributed by atoms with Crippen molar-refractivity contribution in [2.45, 2.75) is 92.8 Å². The van der Waals surface area contributed by atoms with Gasteiger partial charge in [0, 0.05) is 6.42 Å². The van der Waals surface area contributed by atoms with Gasteiger partial charge in [0.2, 0.25) is 5.91 Å². The number of pyridine rings is 1. The summed E-state index contributed by atoms with van der Waals surface area (Å²) in [7, 11) is 0. The lowest BCUT2D eigenvalue weighted by Crippen LogP contribution is -2.54. The van der Waals surface area contributed by atoms with Gasteiger partial charge in [-0.15, -0.1) is 0 Å². The predicted octanol–water partition coefficient (Wildman–Crippen LogP) is 3.38. The van der Waals surface area contributed by atoms with Crippen molar-refractivity contribution in [3.05, 3.63) is 35.3 Å². The number of aromatic nitrogens is 3. The number of nitrogens with one attached hydrogen (secondary N) is 3. The van der Waals surface area contributed by atoms with E-state index in [0.717, 1.165) is 0 Å². The predicted molar refractivity (Wildman–Crippen MR) is 161 cm³/mol. The van der Waals surface area contributed by atoms with Crippen LogP contribution in [0.15, 0.2) is 18.3 Å². The monoisotopic (exact) mass is 616 g/mol. The zero-order valence-electron chi connectivity index (χ0n) is 26.9. The van der Waals surface area contributed by atoms with Gasteiger partial charge in [-0.3, -0.25) is 19.7 Å². The number of anilines is 1. The molecule has 2 atom stereocenters. The van der Waals surface area contributed by atoms with E-state index in [1.807, 2.05) is 0 Å². The molecule has 3 amide bonds. The third-order valence-corrected chi connectivity index (χ3v) is 6.21. The van der Waals surface area contributed by atoms with E-state index in [0.29, 0.717) is 17.1 Å². The van der Waals surface area contributed by atoms with Crippen LogP contribution >= 0.6 is 0 Å². The molecule has 0 radical (unpaired) electrons. The molecule has 0 aliphatic heterocycles. The summed E-state index contributed by atoms with van der Waals surface area (Å²) in [5.41, 5.74) is 1.06. The Morgan fingerprint density at radius 2 is 1.64 bits per heavy atom. The zero-order valence-corrected chi connectivity index (χ0v) is 26.9. The van der Waals surface area contributed by atoms with Crippen LogP contribution in [0.1, 0.15) is 83.1 Å². The molecule has 14 nitrogen and oxygen atoms in total. The Kier molecular flexibility index (Phi) is 12.8. The largest absolute Gasteiger partial charge is 0.466 e. The van der Waals surface area contributed by atoms with Crippen molar-refractivity contribution in [3.63, 3.8) is 0 Å². The van der Waals surface area contributed by atoms with E-state index >= 15 is 0 Å². The molecule has 2 heterocycles. The van der Waals surface area contributed by atoms with Gasteiger partial charge in [0.05, 0.1) is 42.0 Å². The van der Waals surface area contributed by atoms with Crippen molar-refractivity contribution >= 4 is 35.7 Å². The highest BCUT2D eigenvalue weighted by Crippen LogP contribution is 2.20. The first-order valence-corrected chi connectivity index (χ1v) is 14.5. The van der Waals surface area contributed by atoms with Gasteiger partial charge in [-0.2, -0.15) is 5.10 Å². The lowest BCUT2D eigenvalue weighted by molar-refractivity contribution is -0.149. The molecule has 0 bridgehead atoms. The third-order valence-electron chi connectivity index (χ3n) is 6.21. The van der Waals surface area contributed by atoms with Crippen LogP contribution in [0, 0.1) is 19.8 Å². The second-order valence-electron chi connectivity index (χ2n) is 11.3. The van der Waals surface area contributed by atoms with Gasteiger partial charge >= 0.3 is 18.0 Å². The van der Waals surface area contributed by atoms with E-state index < -0.39 is 47.5 Å². The summed E-state index contributed by atoms with van der Waals surface area (Å²) in [6, 6.07) is 1.15. The average Bonchev–Trinajstić information content (AvgIpc) is 3.22. The molecule has 0 saturated heterocycles. The molecular formula is C30H44N6O8. The minimum atomic E-state index is -1.10. The van der Waals surface area contributed by atoms with Crippen LogP contribution < -0.4 is 16.0 Å². The Hall–Kier alpha value is -4.49. The first kappa shape index (κ1) is 35.7. The fourth-order valence-corrected chi connectivity index (χ4v) is 4.21. The number of aryl methyl sites for hydroxylation is 1. The second kappa shape index (κ2) is 15.8. The summed E-state index contributed by atoms with van der Waals surface area (Å²) in [4.78, 5) is 67.4. The van der Waals surface area contributed by atoms with E-state index in [-0.39, 0.29) is 43.4 Å². The van der Waals surface area contributed by atoms with Crippen LogP contribution in [-0.4, -0.2) is 75.5 Å². The zero-order chi connectivity index (χ0) is 33.2. The van der Waals surface area contributed by atoms with Crippen LogP contribution in [0.25, 0.3) is 5.69 Å². The van der Waals surface area contributed by atoms with E-state index in [1.54, 1.807) is 74.4 Å². The summed E-state index contributed by atoms with van der Waals surface area (Å²) in [5, 5.41) is 12.4. The molecule has 44 heavy (non-hydrogen) atoms. The van der Waals surface area contributed by atoms with Crippen LogP contribution in [0.4, 0.5) is 10.6 Å². The van der Waals surface area contributed by atoms with Crippen molar-refractivity contribution in [2.75, 3.05) is 18.5 Å². The van der Waals surface area contributed by atoms with Crippen molar-refractivity contribution in [3.8, 4) is 5.69 Å². The molecule has 0 aromatic carbocycles. The van der Waals surface area contributed by atoms with Crippen molar-refractivity contribution in [1.82, 2.24) is 25.4 Å². The molecule has 3 N–H and O–H groups in total. The van der Waals surface area contributed by atoms with Gasteiger partial charge < -0.3 is 24.8 Å².